The summed E-state index contributed by atoms with van der Waals surface area (Å²) in [6.45, 7) is -0.407. The number of aliphatic hydroxyl groups excluding tert-OH is 2. The van der Waals surface area contributed by atoms with Gasteiger partial charge in [-0.05, 0) is 24.3 Å². The van der Waals surface area contributed by atoms with Crippen molar-refractivity contribution in [3.63, 3.8) is 0 Å². The van der Waals surface area contributed by atoms with Crippen LogP contribution in [0.4, 0.5) is 5.82 Å². The molecule has 36 heavy (non-hydrogen) atoms. The van der Waals surface area contributed by atoms with E-state index < -0.39 is 43.0 Å². The van der Waals surface area contributed by atoms with Gasteiger partial charge < -0.3 is 19.7 Å². The lowest BCUT2D eigenvalue weighted by Gasteiger charge is -2.21. The SMILES string of the molecule is CO[C@@H]1[C@H](O)[C@@H](CO)O[C@H]1n1cnc2c(N(C(=O)c3ccccc3)C(=O)c3ccccc3)ncnc21. The van der Waals surface area contributed by atoms with Gasteiger partial charge in [0.25, 0.3) is 11.8 Å². The molecule has 1 saturated heterocycles. The van der Waals surface area contributed by atoms with Gasteiger partial charge in [-0.25, -0.2) is 19.9 Å². The van der Waals surface area contributed by atoms with Crippen LogP contribution in [0, 0.1) is 0 Å². The normalized spacial score (nSPS) is 21.5. The minimum absolute atomic E-state index is 0.00678. The minimum Gasteiger partial charge on any atom is -0.394 e. The van der Waals surface area contributed by atoms with Crippen LogP contribution in [0.1, 0.15) is 26.9 Å². The van der Waals surface area contributed by atoms with Crippen LogP contribution in [0.3, 0.4) is 0 Å². The predicted molar refractivity (Wildman–Crippen MR) is 127 cm³/mol. The van der Waals surface area contributed by atoms with E-state index in [-0.39, 0.29) is 17.0 Å². The molecule has 2 aromatic heterocycles. The summed E-state index contributed by atoms with van der Waals surface area (Å²) >= 11 is 0. The fourth-order valence-corrected chi connectivity index (χ4v) is 4.24. The smallest absolute Gasteiger partial charge is 0.266 e. The fourth-order valence-electron chi connectivity index (χ4n) is 4.24. The first kappa shape index (κ1) is 23.7. The van der Waals surface area contributed by atoms with Crippen molar-refractivity contribution >= 4 is 28.8 Å². The van der Waals surface area contributed by atoms with E-state index in [0.29, 0.717) is 11.1 Å². The zero-order valence-corrected chi connectivity index (χ0v) is 19.2. The van der Waals surface area contributed by atoms with Gasteiger partial charge >= 0.3 is 0 Å². The Morgan fingerprint density at radius 1 is 1.00 bits per heavy atom. The number of carbonyl (C=O) groups excluding carboxylic acids is 2. The van der Waals surface area contributed by atoms with E-state index in [4.69, 9.17) is 9.47 Å². The summed E-state index contributed by atoms with van der Waals surface area (Å²) in [7, 11) is 1.42. The lowest BCUT2D eigenvalue weighted by Crippen LogP contribution is -2.38. The highest BCUT2D eigenvalue weighted by atomic mass is 16.6. The van der Waals surface area contributed by atoms with Gasteiger partial charge in [0, 0.05) is 18.2 Å². The summed E-state index contributed by atoms with van der Waals surface area (Å²) in [6, 6.07) is 16.8. The molecule has 4 atom stereocenters. The monoisotopic (exact) mass is 489 g/mol. The van der Waals surface area contributed by atoms with Gasteiger partial charge in [0.05, 0.1) is 12.9 Å². The summed E-state index contributed by atoms with van der Waals surface area (Å²) < 4.78 is 12.7. The molecule has 0 aliphatic carbocycles. The van der Waals surface area contributed by atoms with Gasteiger partial charge in [0.15, 0.2) is 23.2 Å². The van der Waals surface area contributed by atoms with Crippen LogP contribution in [-0.2, 0) is 9.47 Å². The molecule has 0 radical (unpaired) electrons. The largest absolute Gasteiger partial charge is 0.394 e. The first-order valence-electron chi connectivity index (χ1n) is 11.2. The molecule has 11 heteroatoms. The summed E-state index contributed by atoms with van der Waals surface area (Å²) in [5, 5.41) is 20.0. The molecule has 5 rings (SSSR count). The number of fused-ring (bicyclic) bond motifs is 1. The Hall–Kier alpha value is -4.03. The number of nitrogens with zero attached hydrogens (tertiary/aromatic N) is 5. The average molecular weight is 489 g/mol. The number of hydrogen-bond donors (Lipinski definition) is 2. The van der Waals surface area contributed by atoms with Crippen molar-refractivity contribution in [2.45, 2.75) is 24.5 Å². The minimum atomic E-state index is -1.08. The maximum Gasteiger partial charge on any atom is 0.266 e. The fraction of sp³-hybridized carbons (Fsp3) is 0.240. The molecule has 2 amide bonds. The molecule has 2 N–H and O–H groups in total. The second-order valence-electron chi connectivity index (χ2n) is 8.14. The molecular formula is C25H23N5O6. The van der Waals surface area contributed by atoms with Crippen molar-refractivity contribution < 1.29 is 29.3 Å². The number of amides is 2. The zero-order valence-electron chi connectivity index (χ0n) is 19.2. The Balaban J connectivity index is 1.63. The molecule has 0 spiro atoms. The Bertz CT molecular complexity index is 1330. The summed E-state index contributed by atoms with van der Waals surface area (Å²) in [5.41, 5.74) is 1.01. The van der Waals surface area contributed by atoms with Crippen LogP contribution >= 0.6 is 0 Å². The molecule has 1 aliphatic heterocycles. The highest BCUT2D eigenvalue weighted by Gasteiger charge is 2.45. The van der Waals surface area contributed by atoms with Crippen molar-refractivity contribution in [3.8, 4) is 0 Å². The third-order valence-corrected chi connectivity index (χ3v) is 6.04. The number of benzene rings is 2. The number of methoxy groups -OCH3 is 1. The van der Waals surface area contributed by atoms with Gasteiger partial charge in [0.2, 0.25) is 0 Å². The van der Waals surface area contributed by atoms with Crippen LogP contribution in [0.5, 0.6) is 0 Å². The molecule has 0 saturated carbocycles. The standard InChI is InChI=1S/C25H23N5O6/c1-35-20-19(32)17(12-31)36-25(20)29-14-28-18-21(29)26-13-27-22(18)30(23(33)15-8-4-2-5-9-15)24(34)16-10-6-3-7-11-16/h2-11,13-14,17,19-20,25,31-32H,12H2,1H3/t17-,19-,20-,25-/m1/s1. The molecular weight excluding hydrogens is 466 g/mol. The number of imide groups is 1. The average Bonchev–Trinajstić information content (AvgIpc) is 3.50. The first-order valence-corrected chi connectivity index (χ1v) is 11.2. The number of carbonyl (C=O) groups is 2. The summed E-state index contributed by atoms with van der Waals surface area (Å²) in [5.74, 6) is -1.17. The van der Waals surface area contributed by atoms with Crippen molar-refractivity contribution in [2.24, 2.45) is 0 Å². The van der Waals surface area contributed by atoms with Crippen LogP contribution < -0.4 is 4.90 Å². The maximum absolute atomic E-state index is 13.6. The first-order chi connectivity index (χ1) is 17.5. The van der Waals surface area contributed by atoms with Crippen molar-refractivity contribution in [1.82, 2.24) is 19.5 Å². The second kappa shape index (κ2) is 9.91. The Morgan fingerprint density at radius 2 is 1.61 bits per heavy atom. The van der Waals surface area contributed by atoms with E-state index in [1.54, 1.807) is 60.7 Å². The van der Waals surface area contributed by atoms with Gasteiger partial charge in [-0.1, -0.05) is 36.4 Å². The number of ether oxygens (including phenoxy) is 2. The van der Waals surface area contributed by atoms with Crippen molar-refractivity contribution in [3.05, 3.63) is 84.4 Å². The predicted octanol–water partition coefficient (Wildman–Crippen LogP) is 1.58. The van der Waals surface area contributed by atoms with E-state index in [9.17, 15) is 19.8 Å². The van der Waals surface area contributed by atoms with Crippen molar-refractivity contribution in [2.75, 3.05) is 18.6 Å². The van der Waals surface area contributed by atoms with E-state index in [1.807, 2.05) is 0 Å². The quantitative estimate of drug-likeness (QED) is 0.386. The van der Waals surface area contributed by atoms with Gasteiger partial charge in [-0.15, -0.1) is 0 Å². The van der Waals surface area contributed by atoms with Crippen LogP contribution in [-0.4, -0.2) is 73.6 Å². The van der Waals surface area contributed by atoms with E-state index in [1.165, 1.54) is 24.3 Å². The number of rotatable bonds is 6. The van der Waals surface area contributed by atoms with E-state index in [2.05, 4.69) is 15.0 Å². The number of aromatic nitrogens is 4. The Morgan fingerprint density at radius 3 is 2.17 bits per heavy atom. The van der Waals surface area contributed by atoms with Gasteiger partial charge in [-0.2, -0.15) is 0 Å². The third kappa shape index (κ3) is 4.03. The molecule has 0 bridgehead atoms. The summed E-state index contributed by atoms with van der Waals surface area (Å²) in [6.07, 6.45) is -1.00. The molecule has 11 nitrogen and oxygen atoms in total. The van der Waals surface area contributed by atoms with Crippen LogP contribution in [0.15, 0.2) is 73.3 Å². The number of anilines is 1. The zero-order chi connectivity index (χ0) is 25.2. The number of imidazole rings is 1. The van der Waals surface area contributed by atoms with Crippen molar-refractivity contribution in [1.29, 1.82) is 0 Å². The maximum atomic E-state index is 13.6. The van der Waals surface area contributed by atoms with Gasteiger partial charge in [0.1, 0.15) is 24.6 Å². The molecule has 1 aliphatic rings. The molecule has 3 heterocycles. The lowest BCUT2D eigenvalue weighted by molar-refractivity contribution is -0.0583. The highest BCUT2D eigenvalue weighted by Crippen LogP contribution is 2.34. The van der Waals surface area contributed by atoms with Crippen LogP contribution in [0.25, 0.3) is 11.2 Å². The van der Waals surface area contributed by atoms with E-state index >= 15 is 0 Å². The third-order valence-electron chi connectivity index (χ3n) is 6.04. The topological polar surface area (TPSA) is 140 Å². The molecule has 4 aromatic rings. The summed E-state index contributed by atoms with van der Waals surface area (Å²) in [4.78, 5) is 41.1. The molecule has 2 aromatic carbocycles. The lowest BCUT2D eigenvalue weighted by atomic mass is 10.1. The second-order valence-corrected chi connectivity index (χ2v) is 8.14. The highest BCUT2D eigenvalue weighted by molar-refractivity contribution is 6.27. The van der Waals surface area contributed by atoms with Gasteiger partial charge in [-0.3, -0.25) is 14.2 Å². The molecule has 1 fully saturated rings. The van der Waals surface area contributed by atoms with E-state index in [0.717, 1.165) is 4.90 Å². The Kier molecular flexibility index (Phi) is 6.53. The molecule has 0 unspecified atom stereocenters. The number of hydrogen-bond acceptors (Lipinski definition) is 9. The molecule has 184 valence electrons. The Labute approximate surface area is 205 Å². The van der Waals surface area contributed by atoms with Crippen LogP contribution in [0.2, 0.25) is 0 Å². The number of aliphatic hydroxyl groups is 2.